The molecular formula is C15H23N5O. The van der Waals surface area contributed by atoms with E-state index >= 15 is 0 Å². The van der Waals surface area contributed by atoms with Gasteiger partial charge in [-0.1, -0.05) is 13.8 Å². The van der Waals surface area contributed by atoms with E-state index in [1.807, 2.05) is 37.9 Å². The lowest BCUT2D eigenvalue weighted by Gasteiger charge is -2.21. The van der Waals surface area contributed by atoms with Crippen molar-refractivity contribution >= 4 is 5.91 Å². The average Bonchev–Trinajstić information content (AvgIpc) is 3.04. The Morgan fingerprint density at radius 3 is 2.43 bits per heavy atom. The topological polar surface area (TPSA) is 64.7 Å². The number of carbonyl (C=O) groups is 1. The van der Waals surface area contributed by atoms with Crippen molar-refractivity contribution in [1.29, 1.82) is 0 Å². The molecule has 114 valence electrons. The molecule has 0 aliphatic rings. The smallest absolute Gasteiger partial charge is 0.272 e. The van der Waals surface area contributed by atoms with Crippen LogP contribution in [0.2, 0.25) is 0 Å². The zero-order chi connectivity index (χ0) is 15.6. The number of amides is 1. The predicted octanol–water partition coefficient (Wildman–Crippen LogP) is 2.32. The maximum atomic E-state index is 12.4. The molecule has 21 heavy (non-hydrogen) atoms. The third-order valence-electron chi connectivity index (χ3n) is 3.46. The van der Waals surface area contributed by atoms with Gasteiger partial charge in [-0.2, -0.15) is 5.10 Å². The van der Waals surface area contributed by atoms with E-state index in [0.717, 1.165) is 5.82 Å². The van der Waals surface area contributed by atoms with E-state index < -0.39 is 0 Å². The lowest BCUT2D eigenvalue weighted by atomic mass is 10.0. The first kappa shape index (κ1) is 15.3. The number of aryl methyl sites for hydroxylation is 1. The van der Waals surface area contributed by atoms with Gasteiger partial charge in [0, 0.05) is 31.7 Å². The van der Waals surface area contributed by atoms with Crippen LogP contribution in [0.1, 0.15) is 56.1 Å². The van der Waals surface area contributed by atoms with Crippen molar-refractivity contribution in [2.45, 2.75) is 39.8 Å². The highest BCUT2D eigenvalue weighted by Crippen LogP contribution is 2.20. The third kappa shape index (κ3) is 3.32. The molecule has 0 saturated heterocycles. The van der Waals surface area contributed by atoms with Crippen molar-refractivity contribution < 1.29 is 4.79 Å². The Morgan fingerprint density at radius 2 is 1.95 bits per heavy atom. The van der Waals surface area contributed by atoms with Gasteiger partial charge in [0.15, 0.2) is 0 Å². The normalized spacial score (nSPS) is 12.9. The van der Waals surface area contributed by atoms with E-state index in [1.54, 1.807) is 16.9 Å². The van der Waals surface area contributed by atoms with Crippen molar-refractivity contribution in [3.8, 4) is 0 Å². The van der Waals surface area contributed by atoms with Gasteiger partial charge in [-0.05, 0) is 25.8 Å². The Hall–Kier alpha value is -2.11. The molecule has 2 rings (SSSR count). The van der Waals surface area contributed by atoms with Crippen LogP contribution in [-0.4, -0.2) is 25.2 Å². The van der Waals surface area contributed by atoms with Crippen LogP contribution in [0.3, 0.4) is 0 Å². The number of hydrogen-bond acceptors (Lipinski definition) is 3. The fourth-order valence-electron chi connectivity index (χ4n) is 2.17. The lowest BCUT2D eigenvalue weighted by Crippen LogP contribution is -2.33. The number of rotatable bonds is 5. The van der Waals surface area contributed by atoms with Gasteiger partial charge in [0.25, 0.3) is 5.91 Å². The van der Waals surface area contributed by atoms with Crippen molar-refractivity contribution in [1.82, 2.24) is 24.6 Å². The molecule has 0 radical (unpaired) electrons. The van der Waals surface area contributed by atoms with Gasteiger partial charge in [0.1, 0.15) is 11.5 Å². The van der Waals surface area contributed by atoms with E-state index in [-0.39, 0.29) is 23.9 Å². The van der Waals surface area contributed by atoms with Crippen LogP contribution in [-0.2, 0) is 7.05 Å². The number of hydrogen-bond donors (Lipinski definition) is 1. The quantitative estimate of drug-likeness (QED) is 0.918. The number of nitrogens with one attached hydrogen (secondary N) is 1. The highest BCUT2D eigenvalue weighted by Gasteiger charge is 2.23. The van der Waals surface area contributed by atoms with Gasteiger partial charge in [0.05, 0.1) is 6.04 Å². The SMILES string of the molecule is CC(C)C(NC(=O)c1ccn(C(C)C)n1)c1nccn1C. The summed E-state index contributed by atoms with van der Waals surface area (Å²) in [5.74, 6) is 0.917. The molecule has 6 nitrogen and oxygen atoms in total. The molecule has 0 saturated carbocycles. The fourth-order valence-corrected chi connectivity index (χ4v) is 2.17. The van der Waals surface area contributed by atoms with E-state index in [9.17, 15) is 4.79 Å². The molecule has 0 fully saturated rings. The van der Waals surface area contributed by atoms with Crippen LogP contribution >= 0.6 is 0 Å². The Labute approximate surface area is 125 Å². The summed E-state index contributed by atoms with van der Waals surface area (Å²) >= 11 is 0. The zero-order valence-electron chi connectivity index (χ0n) is 13.2. The molecule has 6 heteroatoms. The zero-order valence-corrected chi connectivity index (χ0v) is 13.2. The number of imidazole rings is 1. The number of nitrogens with zero attached hydrogens (tertiary/aromatic N) is 4. The summed E-state index contributed by atoms with van der Waals surface area (Å²) in [6.07, 6.45) is 5.44. The minimum Gasteiger partial charge on any atom is -0.340 e. The summed E-state index contributed by atoms with van der Waals surface area (Å²) in [6.45, 7) is 8.18. The van der Waals surface area contributed by atoms with Gasteiger partial charge in [0.2, 0.25) is 0 Å². The van der Waals surface area contributed by atoms with E-state index in [4.69, 9.17) is 0 Å². The second-order valence-electron chi connectivity index (χ2n) is 5.87. The lowest BCUT2D eigenvalue weighted by molar-refractivity contribution is 0.0916. The molecule has 0 aromatic carbocycles. The van der Waals surface area contributed by atoms with Crippen LogP contribution in [0.25, 0.3) is 0 Å². The maximum Gasteiger partial charge on any atom is 0.272 e. The first-order valence-electron chi connectivity index (χ1n) is 7.23. The van der Waals surface area contributed by atoms with E-state index in [0.29, 0.717) is 5.69 Å². The Bertz CT molecular complexity index is 611. The molecule has 0 aliphatic heterocycles. The third-order valence-corrected chi connectivity index (χ3v) is 3.46. The summed E-state index contributed by atoms with van der Waals surface area (Å²) < 4.78 is 3.71. The molecule has 1 atom stereocenters. The maximum absolute atomic E-state index is 12.4. The summed E-state index contributed by atoms with van der Waals surface area (Å²) in [5, 5.41) is 7.33. The van der Waals surface area contributed by atoms with Crippen molar-refractivity contribution in [2.24, 2.45) is 13.0 Å². The summed E-state index contributed by atoms with van der Waals surface area (Å²) in [6, 6.07) is 1.84. The van der Waals surface area contributed by atoms with Crippen LogP contribution in [0.5, 0.6) is 0 Å². The van der Waals surface area contributed by atoms with Crippen molar-refractivity contribution in [3.63, 3.8) is 0 Å². The molecule has 0 bridgehead atoms. The summed E-state index contributed by atoms with van der Waals surface area (Å²) in [4.78, 5) is 16.7. The Morgan fingerprint density at radius 1 is 1.24 bits per heavy atom. The van der Waals surface area contributed by atoms with Crippen LogP contribution < -0.4 is 5.32 Å². The van der Waals surface area contributed by atoms with Crippen LogP contribution in [0, 0.1) is 5.92 Å². The molecule has 2 heterocycles. The van der Waals surface area contributed by atoms with Crippen molar-refractivity contribution in [3.05, 3.63) is 36.2 Å². The van der Waals surface area contributed by atoms with Gasteiger partial charge in [-0.15, -0.1) is 0 Å². The minimum atomic E-state index is -0.170. The molecule has 1 unspecified atom stereocenters. The van der Waals surface area contributed by atoms with Gasteiger partial charge in [-0.25, -0.2) is 4.98 Å². The first-order valence-corrected chi connectivity index (χ1v) is 7.23. The summed E-state index contributed by atoms with van der Waals surface area (Å²) in [5.41, 5.74) is 0.434. The average molecular weight is 289 g/mol. The Kier molecular flexibility index (Phi) is 4.45. The second-order valence-corrected chi connectivity index (χ2v) is 5.87. The number of aromatic nitrogens is 4. The highest BCUT2D eigenvalue weighted by molar-refractivity contribution is 5.92. The fraction of sp³-hybridized carbons (Fsp3) is 0.533. The largest absolute Gasteiger partial charge is 0.340 e. The number of carbonyl (C=O) groups excluding carboxylic acids is 1. The molecular weight excluding hydrogens is 266 g/mol. The highest BCUT2D eigenvalue weighted by atomic mass is 16.2. The second kappa shape index (κ2) is 6.11. The molecule has 2 aromatic rings. The summed E-state index contributed by atoms with van der Waals surface area (Å²) in [7, 11) is 1.93. The standard InChI is InChI=1S/C15H23N5O/c1-10(2)13(14-16-7-9-19(14)5)17-15(21)12-6-8-20(18-12)11(3)4/h6-11,13H,1-5H3,(H,17,21). The Balaban J connectivity index is 2.17. The molecule has 2 aromatic heterocycles. The minimum absolute atomic E-state index is 0.137. The monoisotopic (exact) mass is 289 g/mol. The van der Waals surface area contributed by atoms with Crippen molar-refractivity contribution in [2.75, 3.05) is 0 Å². The van der Waals surface area contributed by atoms with Crippen LogP contribution in [0.4, 0.5) is 0 Å². The van der Waals surface area contributed by atoms with Gasteiger partial charge < -0.3 is 9.88 Å². The first-order chi connectivity index (χ1) is 9.90. The van der Waals surface area contributed by atoms with Gasteiger partial charge in [-0.3, -0.25) is 9.48 Å². The van der Waals surface area contributed by atoms with E-state index in [2.05, 4.69) is 29.2 Å². The van der Waals surface area contributed by atoms with E-state index in [1.165, 1.54) is 0 Å². The molecule has 0 spiro atoms. The molecule has 0 aliphatic carbocycles. The van der Waals surface area contributed by atoms with Crippen LogP contribution in [0.15, 0.2) is 24.7 Å². The molecule has 1 N–H and O–H groups in total. The predicted molar refractivity (Wildman–Crippen MR) is 80.9 cm³/mol. The molecule has 1 amide bonds. The van der Waals surface area contributed by atoms with Gasteiger partial charge >= 0.3 is 0 Å².